The second-order valence-electron chi connectivity index (χ2n) is 7.35. The lowest BCUT2D eigenvalue weighted by molar-refractivity contribution is 0.158. The van der Waals surface area contributed by atoms with Crippen LogP contribution in [0.1, 0.15) is 24.4 Å². The van der Waals surface area contributed by atoms with Crippen molar-refractivity contribution < 1.29 is 23.2 Å². The number of rotatable bonds is 7. The SMILES string of the molecule is COCCN1C(=O)NC(c2cccc(Cl)c2)C(c2nc(-c3ccc(OC)c(F)c3)no2)=C1C. The van der Waals surface area contributed by atoms with E-state index in [1.54, 1.807) is 43.2 Å². The Balaban J connectivity index is 1.79. The van der Waals surface area contributed by atoms with E-state index in [-0.39, 0.29) is 23.5 Å². The third-order valence-electron chi connectivity index (χ3n) is 5.36. The number of ether oxygens (including phenoxy) is 2. The first kappa shape index (κ1) is 22.8. The zero-order chi connectivity index (χ0) is 23.5. The van der Waals surface area contributed by atoms with Crippen molar-refractivity contribution >= 4 is 23.2 Å². The lowest BCUT2D eigenvalue weighted by atomic mass is 9.94. The maximum Gasteiger partial charge on any atom is 0.322 e. The number of aromatic nitrogens is 2. The largest absolute Gasteiger partial charge is 0.494 e. The van der Waals surface area contributed by atoms with E-state index in [2.05, 4.69) is 15.5 Å². The molecule has 0 spiro atoms. The van der Waals surface area contributed by atoms with Crippen LogP contribution in [0.25, 0.3) is 17.0 Å². The van der Waals surface area contributed by atoms with Gasteiger partial charge in [0.05, 0.1) is 31.9 Å². The zero-order valence-electron chi connectivity index (χ0n) is 18.3. The highest BCUT2D eigenvalue weighted by atomic mass is 35.5. The second-order valence-corrected chi connectivity index (χ2v) is 7.79. The van der Waals surface area contributed by atoms with Crippen LogP contribution in [0.4, 0.5) is 9.18 Å². The fraction of sp³-hybridized carbons (Fsp3) is 0.261. The molecule has 2 heterocycles. The number of amides is 2. The van der Waals surface area contributed by atoms with Gasteiger partial charge in [-0.25, -0.2) is 9.18 Å². The van der Waals surface area contributed by atoms with Gasteiger partial charge in [0.25, 0.3) is 5.89 Å². The minimum atomic E-state index is -0.573. The van der Waals surface area contributed by atoms with Gasteiger partial charge in [0.1, 0.15) is 0 Å². The van der Waals surface area contributed by atoms with Crippen LogP contribution in [0.15, 0.2) is 52.7 Å². The summed E-state index contributed by atoms with van der Waals surface area (Å²) in [5.41, 5.74) is 2.43. The standard InChI is InChI=1S/C23H22ClFN4O4/c1-13-19(22-27-21(28-33-22)15-7-8-18(32-3)17(25)12-15)20(14-5-4-6-16(24)11-14)26-23(30)29(13)9-10-31-2/h4-8,11-12,20H,9-10H2,1-3H3,(H,26,30). The monoisotopic (exact) mass is 472 g/mol. The average molecular weight is 473 g/mol. The van der Waals surface area contributed by atoms with Crippen molar-refractivity contribution in [3.05, 3.63) is 70.5 Å². The molecular weight excluding hydrogens is 451 g/mol. The Morgan fingerprint density at radius 1 is 1.24 bits per heavy atom. The highest BCUT2D eigenvalue weighted by Crippen LogP contribution is 2.38. The smallest absolute Gasteiger partial charge is 0.322 e. The van der Waals surface area contributed by atoms with Gasteiger partial charge in [0, 0.05) is 23.4 Å². The number of hydrogen-bond acceptors (Lipinski definition) is 6. The Morgan fingerprint density at radius 3 is 2.76 bits per heavy atom. The summed E-state index contributed by atoms with van der Waals surface area (Å²) in [7, 11) is 2.96. The molecular formula is C23H22ClFN4O4. The Hall–Kier alpha value is -3.43. The molecule has 1 unspecified atom stereocenters. The van der Waals surface area contributed by atoms with Crippen LogP contribution in [0.2, 0.25) is 5.02 Å². The average Bonchev–Trinajstić information content (AvgIpc) is 3.28. The first-order chi connectivity index (χ1) is 15.9. The molecule has 0 saturated heterocycles. The number of halogens is 2. The van der Waals surface area contributed by atoms with Crippen LogP contribution in [-0.2, 0) is 4.74 Å². The van der Waals surface area contributed by atoms with Crippen molar-refractivity contribution in [3.8, 4) is 17.1 Å². The number of methoxy groups -OCH3 is 2. The molecule has 1 aliphatic rings. The summed E-state index contributed by atoms with van der Waals surface area (Å²) >= 11 is 6.20. The quantitative estimate of drug-likeness (QED) is 0.537. The Morgan fingerprint density at radius 2 is 2.06 bits per heavy atom. The Kier molecular flexibility index (Phi) is 6.62. The molecule has 4 rings (SSSR count). The number of allylic oxidation sites excluding steroid dienone is 1. The fourth-order valence-electron chi connectivity index (χ4n) is 3.70. The number of nitrogens with one attached hydrogen (secondary N) is 1. The number of carbonyl (C=O) groups is 1. The molecule has 0 saturated carbocycles. The maximum atomic E-state index is 14.2. The third kappa shape index (κ3) is 4.55. The molecule has 172 valence electrons. The van der Waals surface area contributed by atoms with Gasteiger partial charge in [0.2, 0.25) is 5.82 Å². The third-order valence-corrected chi connectivity index (χ3v) is 5.60. The zero-order valence-corrected chi connectivity index (χ0v) is 19.0. The topological polar surface area (TPSA) is 89.7 Å². The summed E-state index contributed by atoms with van der Waals surface area (Å²) in [6.45, 7) is 2.49. The van der Waals surface area contributed by atoms with Gasteiger partial charge < -0.3 is 19.3 Å². The number of urea groups is 1. The van der Waals surface area contributed by atoms with Crippen LogP contribution >= 0.6 is 11.6 Å². The van der Waals surface area contributed by atoms with Gasteiger partial charge in [-0.3, -0.25) is 4.90 Å². The number of hydrogen-bond donors (Lipinski definition) is 1. The lowest BCUT2D eigenvalue weighted by Gasteiger charge is -2.35. The molecule has 1 aliphatic heterocycles. The van der Waals surface area contributed by atoms with Gasteiger partial charge >= 0.3 is 6.03 Å². The molecule has 2 amide bonds. The molecule has 2 aromatic carbocycles. The van der Waals surface area contributed by atoms with Crippen LogP contribution < -0.4 is 10.1 Å². The van der Waals surface area contributed by atoms with E-state index >= 15 is 0 Å². The molecule has 0 bridgehead atoms. The van der Waals surface area contributed by atoms with Gasteiger partial charge in [-0.2, -0.15) is 4.98 Å². The fourth-order valence-corrected chi connectivity index (χ4v) is 3.90. The molecule has 0 fully saturated rings. The van der Waals surface area contributed by atoms with Gasteiger partial charge in [0.15, 0.2) is 11.6 Å². The van der Waals surface area contributed by atoms with Crippen LogP contribution in [0, 0.1) is 5.82 Å². The van der Waals surface area contributed by atoms with E-state index < -0.39 is 11.9 Å². The highest BCUT2D eigenvalue weighted by molar-refractivity contribution is 6.30. The summed E-state index contributed by atoms with van der Waals surface area (Å²) in [6, 6.07) is 10.7. The van der Waals surface area contributed by atoms with Crippen molar-refractivity contribution in [1.82, 2.24) is 20.4 Å². The number of carbonyl (C=O) groups excluding carboxylic acids is 1. The predicted molar refractivity (Wildman–Crippen MR) is 120 cm³/mol. The molecule has 10 heteroatoms. The first-order valence-electron chi connectivity index (χ1n) is 10.1. The van der Waals surface area contributed by atoms with Crippen LogP contribution in [0.5, 0.6) is 5.75 Å². The van der Waals surface area contributed by atoms with Crippen molar-refractivity contribution in [1.29, 1.82) is 0 Å². The summed E-state index contributed by atoms with van der Waals surface area (Å²) in [6.07, 6.45) is 0. The Labute approximate surface area is 194 Å². The minimum Gasteiger partial charge on any atom is -0.494 e. The van der Waals surface area contributed by atoms with Crippen molar-refractivity contribution in [2.24, 2.45) is 0 Å². The molecule has 0 radical (unpaired) electrons. The van der Waals surface area contributed by atoms with Crippen LogP contribution in [-0.4, -0.2) is 48.4 Å². The molecule has 8 nitrogen and oxygen atoms in total. The number of benzene rings is 2. The maximum absolute atomic E-state index is 14.2. The highest BCUT2D eigenvalue weighted by Gasteiger charge is 2.35. The van der Waals surface area contributed by atoms with E-state index in [1.807, 2.05) is 6.07 Å². The van der Waals surface area contributed by atoms with Gasteiger partial charge in [-0.1, -0.05) is 28.9 Å². The van der Waals surface area contributed by atoms with E-state index in [4.69, 9.17) is 25.6 Å². The molecule has 3 aromatic rings. The summed E-state index contributed by atoms with van der Waals surface area (Å²) in [5, 5.41) is 7.54. The molecule has 0 aliphatic carbocycles. The summed E-state index contributed by atoms with van der Waals surface area (Å²) < 4.78 is 29.9. The Bertz CT molecular complexity index is 1210. The van der Waals surface area contributed by atoms with Crippen molar-refractivity contribution in [2.45, 2.75) is 13.0 Å². The minimum absolute atomic E-state index is 0.116. The number of nitrogens with zero attached hydrogens (tertiary/aromatic N) is 3. The summed E-state index contributed by atoms with van der Waals surface area (Å²) in [5.74, 6) is -0.0156. The predicted octanol–water partition coefficient (Wildman–Crippen LogP) is 4.68. The van der Waals surface area contributed by atoms with E-state index in [9.17, 15) is 9.18 Å². The van der Waals surface area contributed by atoms with E-state index in [0.29, 0.717) is 35.0 Å². The van der Waals surface area contributed by atoms with Gasteiger partial charge in [-0.15, -0.1) is 0 Å². The molecule has 1 atom stereocenters. The van der Waals surface area contributed by atoms with Crippen molar-refractivity contribution in [3.63, 3.8) is 0 Å². The van der Waals surface area contributed by atoms with Crippen LogP contribution in [0.3, 0.4) is 0 Å². The molecule has 1 N–H and O–H groups in total. The molecule has 33 heavy (non-hydrogen) atoms. The van der Waals surface area contributed by atoms with E-state index in [0.717, 1.165) is 5.56 Å². The van der Waals surface area contributed by atoms with Crippen molar-refractivity contribution in [2.75, 3.05) is 27.4 Å². The normalized spacial score (nSPS) is 16.2. The summed E-state index contributed by atoms with van der Waals surface area (Å²) in [4.78, 5) is 18.9. The second kappa shape index (κ2) is 9.60. The molecule has 1 aromatic heterocycles. The first-order valence-corrected chi connectivity index (χ1v) is 10.5. The van der Waals surface area contributed by atoms with Gasteiger partial charge in [-0.05, 0) is 42.8 Å². The van der Waals surface area contributed by atoms with E-state index in [1.165, 1.54) is 19.2 Å². The lowest BCUT2D eigenvalue weighted by Crippen LogP contribution is -2.47.